The molecule has 1 saturated heterocycles. The van der Waals surface area contributed by atoms with Crippen LogP contribution >= 0.6 is 0 Å². The molecule has 0 radical (unpaired) electrons. The van der Waals surface area contributed by atoms with Crippen LogP contribution in [0.15, 0.2) is 0 Å². The molecule has 1 fully saturated rings. The second kappa shape index (κ2) is 7.10. The Bertz CT molecular complexity index is 256. The van der Waals surface area contributed by atoms with Gasteiger partial charge in [-0.15, -0.1) is 0 Å². The van der Waals surface area contributed by atoms with Crippen LogP contribution in [0.2, 0.25) is 0 Å². The van der Waals surface area contributed by atoms with E-state index in [1.54, 1.807) is 0 Å². The molecule has 0 atom stereocenters. The number of piperidine rings is 1. The molecule has 18 heavy (non-hydrogen) atoms. The minimum absolute atomic E-state index is 0.290. The van der Waals surface area contributed by atoms with Gasteiger partial charge in [0.05, 0.1) is 5.60 Å². The molecule has 4 heteroatoms. The SMILES string of the molecule is CCC(O)(CC)CN1CCC(CCC(=O)O)CC1. The van der Waals surface area contributed by atoms with Crippen molar-refractivity contribution >= 4 is 5.97 Å². The first-order valence-corrected chi connectivity index (χ1v) is 7.15. The first-order valence-electron chi connectivity index (χ1n) is 7.15. The average molecular weight is 257 g/mol. The van der Waals surface area contributed by atoms with Gasteiger partial charge in [0.15, 0.2) is 0 Å². The molecule has 0 unspecified atom stereocenters. The lowest BCUT2D eigenvalue weighted by Gasteiger charge is -2.37. The van der Waals surface area contributed by atoms with Gasteiger partial charge < -0.3 is 15.1 Å². The second-order valence-corrected chi connectivity index (χ2v) is 5.58. The molecule has 0 aliphatic carbocycles. The van der Waals surface area contributed by atoms with Crippen LogP contribution in [0.5, 0.6) is 0 Å². The summed E-state index contributed by atoms with van der Waals surface area (Å²) < 4.78 is 0. The molecule has 106 valence electrons. The Morgan fingerprint density at radius 2 is 1.83 bits per heavy atom. The Kier molecular flexibility index (Phi) is 6.09. The van der Waals surface area contributed by atoms with E-state index < -0.39 is 11.6 Å². The summed E-state index contributed by atoms with van der Waals surface area (Å²) in [6.45, 7) is 6.80. The van der Waals surface area contributed by atoms with Gasteiger partial charge in [-0.05, 0) is 51.1 Å². The topological polar surface area (TPSA) is 60.8 Å². The van der Waals surface area contributed by atoms with Crippen molar-refractivity contribution in [1.29, 1.82) is 0 Å². The number of nitrogens with zero attached hydrogens (tertiary/aromatic N) is 1. The van der Waals surface area contributed by atoms with E-state index in [4.69, 9.17) is 5.11 Å². The van der Waals surface area contributed by atoms with Crippen molar-refractivity contribution in [3.05, 3.63) is 0 Å². The summed E-state index contributed by atoms with van der Waals surface area (Å²) in [7, 11) is 0. The van der Waals surface area contributed by atoms with Gasteiger partial charge in [0, 0.05) is 13.0 Å². The first-order chi connectivity index (χ1) is 8.49. The van der Waals surface area contributed by atoms with Crippen LogP contribution in [-0.2, 0) is 4.79 Å². The van der Waals surface area contributed by atoms with Crippen molar-refractivity contribution in [2.75, 3.05) is 19.6 Å². The minimum Gasteiger partial charge on any atom is -0.481 e. The van der Waals surface area contributed by atoms with Crippen LogP contribution in [0.1, 0.15) is 52.4 Å². The van der Waals surface area contributed by atoms with Gasteiger partial charge in [-0.1, -0.05) is 13.8 Å². The molecule has 2 N–H and O–H groups in total. The molecule has 1 aliphatic heterocycles. The zero-order chi connectivity index (χ0) is 13.6. The molecule has 0 saturated carbocycles. The second-order valence-electron chi connectivity index (χ2n) is 5.58. The zero-order valence-electron chi connectivity index (χ0n) is 11.7. The molecular formula is C14H27NO3. The van der Waals surface area contributed by atoms with Crippen molar-refractivity contribution in [3.8, 4) is 0 Å². The fraction of sp³-hybridized carbons (Fsp3) is 0.929. The van der Waals surface area contributed by atoms with Crippen molar-refractivity contribution in [3.63, 3.8) is 0 Å². The molecule has 0 amide bonds. The van der Waals surface area contributed by atoms with Gasteiger partial charge in [0.2, 0.25) is 0 Å². The summed E-state index contributed by atoms with van der Waals surface area (Å²) in [4.78, 5) is 12.9. The van der Waals surface area contributed by atoms with E-state index in [-0.39, 0.29) is 0 Å². The maximum absolute atomic E-state index is 10.5. The number of β-amino-alcohol motifs (C(OH)–C–C–N with tert-alkyl or cyclic N) is 1. The van der Waals surface area contributed by atoms with Gasteiger partial charge in [0.25, 0.3) is 0 Å². The predicted molar refractivity (Wildman–Crippen MR) is 71.6 cm³/mol. The predicted octanol–water partition coefficient (Wildman–Crippen LogP) is 2.11. The molecule has 1 rings (SSSR count). The van der Waals surface area contributed by atoms with Crippen molar-refractivity contribution in [1.82, 2.24) is 4.90 Å². The minimum atomic E-state index is -0.691. The number of carbonyl (C=O) groups is 1. The van der Waals surface area contributed by atoms with Gasteiger partial charge >= 0.3 is 5.97 Å². The van der Waals surface area contributed by atoms with Gasteiger partial charge in [-0.25, -0.2) is 0 Å². The molecule has 0 aromatic carbocycles. The summed E-state index contributed by atoms with van der Waals surface area (Å²) in [5, 5.41) is 19.0. The van der Waals surface area contributed by atoms with E-state index in [1.807, 2.05) is 13.8 Å². The number of hydrogen-bond acceptors (Lipinski definition) is 3. The van der Waals surface area contributed by atoms with Crippen LogP contribution in [0, 0.1) is 5.92 Å². The standard InChI is InChI=1S/C14H27NO3/c1-3-14(18,4-2)11-15-9-7-12(8-10-15)5-6-13(16)17/h12,18H,3-11H2,1-2H3,(H,16,17). The fourth-order valence-corrected chi connectivity index (χ4v) is 2.65. The summed E-state index contributed by atoms with van der Waals surface area (Å²) in [6.07, 6.45) is 4.81. The smallest absolute Gasteiger partial charge is 0.303 e. The van der Waals surface area contributed by atoms with E-state index >= 15 is 0 Å². The van der Waals surface area contributed by atoms with E-state index in [0.29, 0.717) is 12.3 Å². The monoisotopic (exact) mass is 257 g/mol. The van der Waals surface area contributed by atoms with E-state index in [0.717, 1.165) is 51.7 Å². The highest BCUT2D eigenvalue weighted by atomic mass is 16.4. The Morgan fingerprint density at radius 1 is 1.28 bits per heavy atom. The van der Waals surface area contributed by atoms with Crippen molar-refractivity contribution in [2.45, 2.75) is 58.0 Å². The molecule has 0 aromatic heterocycles. The molecular weight excluding hydrogens is 230 g/mol. The fourth-order valence-electron chi connectivity index (χ4n) is 2.65. The number of aliphatic carboxylic acids is 1. The van der Waals surface area contributed by atoms with Gasteiger partial charge in [0.1, 0.15) is 0 Å². The Morgan fingerprint density at radius 3 is 2.28 bits per heavy atom. The first kappa shape index (κ1) is 15.4. The maximum Gasteiger partial charge on any atom is 0.303 e. The van der Waals surface area contributed by atoms with Crippen molar-refractivity contribution in [2.24, 2.45) is 5.92 Å². The summed E-state index contributed by atoms with van der Waals surface area (Å²) in [5.74, 6) is -0.141. The van der Waals surface area contributed by atoms with Crippen LogP contribution in [0.25, 0.3) is 0 Å². The van der Waals surface area contributed by atoms with Gasteiger partial charge in [-0.2, -0.15) is 0 Å². The Balaban J connectivity index is 2.28. The largest absolute Gasteiger partial charge is 0.481 e. The molecule has 0 spiro atoms. The molecule has 1 aliphatic rings. The molecule has 1 heterocycles. The number of likely N-dealkylation sites (tertiary alicyclic amines) is 1. The Hall–Kier alpha value is -0.610. The summed E-state index contributed by atoms with van der Waals surface area (Å²) in [5.41, 5.74) is -0.548. The average Bonchev–Trinajstić information content (AvgIpc) is 2.37. The lowest BCUT2D eigenvalue weighted by atomic mass is 9.90. The van der Waals surface area contributed by atoms with Crippen LogP contribution in [-0.4, -0.2) is 46.3 Å². The Labute approximate surface area is 110 Å². The van der Waals surface area contributed by atoms with E-state index in [9.17, 15) is 9.90 Å². The van der Waals surface area contributed by atoms with Crippen LogP contribution in [0.3, 0.4) is 0 Å². The third-order valence-corrected chi connectivity index (χ3v) is 4.31. The van der Waals surface area contributed by atoms with Gasteiger partial charge in [-0.3, -0.25) is 4.79 Å². The quantitative estimate of drug-likeness (QED) is 0.733. The maximum atomic E-state index is 10.5. The van der Waals surface area contributed by atoms with Crippen LogP contribution < -0.4 is 0 Å². The number of hydrogen-bond donors (Lipinski definition) is 2. The lowest BCUT2D eigenvalue weighted by Crippen LogP contribution is -2.45. The number of aliphatic hydroxyl groups is 1. The highest BCUT2D eigenvalue weighted by Crippen LogP contribution is 2.24. The van der Waals surface area contributed by atoms with E-state index in [1.165, 1.54) is 0 Å². The molecule has 0 aromatic rings. The van der Waals surface area contributed by atoms with E-state index in [2.05, 4.69) is 4.90 Å². The summed E-state index contributed by atoms with van der Waals surface area (Å²) >= 11 is 0. The zero-order valence-corrected chi connectivity index (χ0v) is 11.7. The molecule has 4 nitrogen and oxygen atoms in total. The normalized spacial score (nSPS) is 19.1. The van der Waals surface area contributed by atoms with Crippen molar-refractivity contribution < 1.29 is 15.0 Å². The third kappa shape index (κ3) is 4.94. The number of carboxylic acids is 1. The highest BCUT2D eigenvalue weighted by molar-refractivity contribution is 5.66. The summed E-state index contributed by atoms with van der Waals surface area (Å²) in [6, 6.07) is 0. The number of rotatable bonds is 7. The number of carboxylic acid groups (broad SMARTS) is 1. The van der Waals surface area contributed by atoms with Crippen LogP contribution in [0.4, 0.5) is 0 Å². The molecule has 0 bridgehead atoms. The third-order valence-electron chi connectivity index (χ3n) is 4.31. The lowest BCUT2D eigenvalue weighted by molar-refractivity contribution is -0.137. The highest BCUT2D eigenvalue weighted by Gasteiger charge is 2.28.